The van der Waals surface area contributed by atoms with Crippen LogP contribution in [-0.2, 0) is 22.2 Å². The molecule has 6 nitrogen and oxygen atoms in total. The first kappa shape index (κ1) is 35.7. The van der Waals surface area contributed by atoms with Gasteiger partial charge in [0.15, 0.2) is 8.32 Å². The van der Waals surface area contributed by atoms with E-state index in [0.29, 0.717) is 36.4 Å². The Bertz CT molecular complexity index is 1480. The molecule has 49 heavy (non-hydrogen) atoms. The van der Waals surface area contributed by atoms with Crippen molar-refractivity contribution in [3.63, 3.8) is 0 Å². The molecule has 264 valence electrons. The minimum Gasteiger partial charge on any atom is -0.494 e. The highest BCUT2D eigenvalue weighted by molar-refractivity contribution is 6.74. The van der Waals surface area contributed by atoms with Gasteiger partial charge in [-0.25, -0.2) is 0 Å². The van der Waals surface area contributed by atoms with Crippen LogP contribution in [0.1, 0.15) is 88.5 Å². The number of rotatable bonds is 17. The van der Waals surface area contributed by atoms with Crippen LogP contribution in [0, 0.1) is 23.2 Å². The zero-order valence-corrected chi connectivity index (χ0v) is 31.4. The molecular formula is C42H58N2O4Si. The molecule has 4 saturated carbocycles. The van der Waals surface area contributed by atoms with Gasteiger partial charge < -0.3 is 24.5 Å². The molecule has 0 aliphatic heterocycles. The van der Waals surface area contributed by atoms with Crippen LogP contribution in [0.3, 0.4) is 0 Å². The Morgan fingerprint density at radius 3 is 2.18 bits per heavy atom. The lowest BCUT2D eigenvalue weighted by molar-refractivity contribution is -0.105. The maximum atomic E-state index is 11.6. The average molecular weight is 683 g/mol. The van der Waals surface area contributed by atoms with Crippen molar-refractivity contribution in [2.75, 3.05) is 25.0 Å². The Balaban J connectivity index is 1.03. The molecular weight excluding hydrogens is 625 g/mol. The summed E-state index contributed by atoms with van der Waals surface area (Å²) in [5.41, 5.74) is 4.59. The van der Waals surface area contributed by atoms with E-state index in [2.05, 4.69) is 74.8 Å². The van der Waals surface area contributed by atoms with Crippen molar-refractivity contribution in [1.82, 2.24) is 5.32 Å². The molecule has 4 fully saturated rings. The Labute approximate surface area is 295 Å². The number of benzene rings is 3. The van der Waals surface area contributed by atoms with E-state index in [1.807, 2.05) is 42.5 Å². The number of nitrogens with one attached hydrogen (secondary N) is 2. The maximum absolute atomic E-state index is 11.6. The zero-order valence-electron chi connectivity index (χ0n) is 30.4. The molecule has 0 saturated heterocycles. The second-order valence-electron chi connectivity index (χ2n) is 16.8. The van der Waals surface area contributed by atoms with Crippen molar-refractivity contribution in [1.29, 1.82) is 0 Å². The molecule has 0 heterocycles. The fourth-order valence-corrected chi connectivity index (χ4v) is 10.0. The molecule has 3 aromatic carbocycles. The van der Waals surface area contributed by atoms with Crippen molar-refractivity contribution in [2.24, 2.45) is 23.2 Å². The highest BCUT2D eigenvalue weighted by atomic mass is 28.4. The summed E-state index contributed by atoms with van der Waals surface area (Å²) in [6.07, 6.45) is 11.5. The van der Waals surface area contributed by atoms with Crippen molar-refractivity contribution >= 4 is 20.4 Å². The van der Waals surface area contributed by atoms with E-state index in [9.17, 15) is 4.79 Å². The topological polar surface area (TPSA) is 68.8 Å². The first-order chi connectivity index (χ1) is 23.5. The summed E-state index contributed by atoms with van der Waals surface area (Å²) in [5, 5.41) is 6.59. The summed E-state index contributed by atoms with van der Waals surface area (Å²) in [6.45, 7) is 14.1. The van der Waals surface area contributed by atoms with Gasteiger partial charge in [-0.3, -0.25) is 4.79 Å². The second kappa shape index (κ2) is 15.4. The second-order valence-corrected chi connectivity index (χ2v) is 21.5. The molecule has 0 aromatic heterocycles. The molecule has 0 radical (unpaired) electrons. The number of carbonyl (C=O) groups is 1. The number of hydrogen-bond acceptors (Lipinski definition) is 5. The summed E-state index contributed by atoms with van der Waals surface area (Å²) in [4.78, 5) is 11.6. The Morgan fingerprint density at radius 1 is 0.878 bits per heavy atom. The van der Waals surface area contributed by atoms with Gasteiger partial charge in [-0.1, -0.05) is 69.3 Å². The predicted octanol–water partition coefficient (Wildman–Crippen LogP) is 9.71. The van der Waals surface area contributed by atoms with Gasteiger partial charge in [-0.2, -0.15) is 0 Å². The van der Waals surface area contributed by atoms with Gasteiger partial charge in [0.1, 0.15) is 18.1 Å². The quantitative estimate of drug-likeness (QED) is 0.0843. The SMILES string of the molecule is CC(C)(C)[Si](C)(C)OC(CNCCc1ccc(OCCC23CC4CC(CC(C4)C2)C3)cc1)c1ccc(OCc2ccccc2)c(NC=O)c1. The van der Waals surface area contributed by atoms with Crippen LogP contribution in [0.4, 0.5) is 5.69 Å². The first-order valence-electron chi connectivity index (χ1n) is 18.6. The lowest BCUT2D eigenvalue weighted by Crippen LogP contribution is -2.46. The minimum absolute atomic E-state index is 0.0624. The largest absolute Gasteiger partial charge is 0.494 e. The van der Waals surface area contributed by atoms with Crippen LogP contribution < -0.4 is 20.1 Å². The van der Waals surface area contributed by atoms with Gasteiger partial charge in [0, 0.05) is 6.54 Å². The normalized spacial score (nSPS) is 23.7. The van der Waals surface area contributed by atoms with Crippen molar-refractivity contribution in [3.05, 3.63) is 89.5 Å². The van der Waals surface area contributed by atoms with Crippen LogP contribution in [0.5, 0.6) is 11.5 Å². The van der Waals surface area contributed by atoms with Crippen LogP contribution >= 0.6 is 0 Å². The van der Waals surface area contributed by atoms with Gasteiger partial charge >= 0.3 is 0 Å². The predicted molar refractivity (Wildman–Crippen MR) is 202 cm³/mol. The summed E-state index contributed by atoms with van der Waals surface area (Å²) in [6, 6.07) is 24.7. The zero-order chi connectivity index (χ0) is 34.5. The highest BCUT2D eigenvalue weighted by Gasteiger charge is 2.50. The van der Waals surface area contributed by atoms with Crippen molar-refractivity contribution in [3.8, 4) is 11.5 Å². The Kier molecular flexibility index (Phi) is 11.2. The molecule has 1 amide bonds. The summed E-state index contributed by atoms with van der Waals surface area (Å²) in [5.74, 6) is 4.61. The van der Waals surface area contributed by atoms with Gasteiger partial charge in [0.05, 0.1) is 18.4 Å². The maximum Gasteiger partial charge on any atom is 0.211 e. The standard InChI is InChI=1S/C42H58N2O4Si/c1-41(2,3)49(4,5)48-40(36-13-16-39(38(24-36)44-30-45)47-29-32-9-7-6-8-10-32)28-43-19-17-31-11-14-37(15-12-31)46-20-18-42-25-33-21-34(26-42)23-35(22-33)27-42/h6-16,24,30,33-35,40,43H,17-23,25-29H2,1-5H3,(H,44,45). The van der Waals surface area contributed by atoms with E-state index in [0.717, 1.165) is 54.2 Å². The Morgan fingerprint density at radius 2 is 1.55 bits per heavy atom. The van der Waals surface area contributed by atoms with Crippen LogP contribution in [0.25, 0.3) is 0 Å². The third-order valence-corrected chi connectivity index (χ3v) is 16.5. The molecule has 2 N–H and O–H groups in total. The fourth-order valence-electron chi connectivity index (χ4n) is 8.75. The molecule has 1 atom stereocenters. The highest BCUT2D eigenvalue weighted by Crippen LogP contribution is 2.61. The number of carbonyl (C=O) groups excluding carboxylic acids is 1. The Hall–Kier alpha value is -3.13. The summed E-state index contributed by atoms with van der Waals surface area (Å²) in [7, 11) is -2.10. The lowest BCUT2D eigenvalue weighted by atomic mass is 9.49. The van der Waals surface area contributed by atoms with E-state index in [-0.39, 0.29) is 11.1 Å². The van der Waals surface area contributed by atoms with Crippen LogP contribution in [-0.4, -0.2) is 34.4 Å². The molecule has 4 bridgehead atoms. The van der Waals surface area contributed by atoms with Gasteiger partial charge in [0.2, 0.25) is 6.41 Å². The van der Waals surface area contributed by atoms with Crippen LogP contribution in [0.2, 0.25) is 18.1 Å². The number of amides is 1. The average Bonchev–Trinajstić information content (AvgIpc) is 3.05. The number of hydrogen-bond donors (Lipinski definition) is 2. The lowest BCUT2D eigenvalue weighted by Gasteiger charge is -2.57. The number of ether oxygens (including phenoxy) is 2. The van der Waals surface area contributed by atoms with Gasteiger partial charge in [-0.05, 0) is 140 Å². The third-order valence-electron chi connectivity index (χ3n) is 12.0. The van der Waals surface area contributed by atoms with Gasteiger partial charge in [0.25, 0.3) is 0 Å². The molecule has 0 spiro atoms. The van der Waals surface area contributed by atoms with Crippen molar-refractivity contribution in [2.45, 2.75) is 103 Å². The van der Waals surface area contributed by atoms with Gasteiger partial charge in [-0.15, -0.1) is 0 Å². The van der Waals surface area contributed by atoms with E-state index >= 15 is 0 Å². The molecule has 4 aliphatic carbocycles. The molecule has 4 aliphatic rings. The summed E-state index contributed by atoms with van der Waals surface area (Å²) < 4.78 is 19.4. The molecule has 3 aromatic rings. The third kappa shape index (κ3) is 9.16. The van der Waals surface area contributed by atoms with E-state index in [1.165, 1.54) is 50.5 Å². The first-order valence-corrected chi connectivity index (χ1v) is 21.5. The van der Waals surface area contributed by atoms with E-state index in [1.54, 1.807) is 0 Å². The molecule has 1 unspecified atom stereocenters. The minimum atomic E-state index is -2.10. The molecule has 7 heteroatoms. The smallest absolute Gasteiger partial charge is 0.211 e. The number of anilines is 1. The van der Waals surface area contributed by atoms with Crippen molar-refractivity contribution < 1.29 is 18.7 Å². The van der Waals surface area contributed by atoms with E-state index in [4.69, 9.17) is 13.9 Å². The fraction of sp³-hybridized carbons (Fsp3) is 0.548. The van der Waals surface area contributed by atoms with E-state index < -0.39 is 8.32 Å². The van der Waals surface area contributed by atoms with Crippen LogP contribution in [0.15, 0.2) is 72.8 Å². The monoisotopic (exact) mass is 682 g/mol. The summed E-state index contributed by atoms with van der Waals surface area (Å²) >= 11 is 0. The molecule has 7 rings (SSSR count).